The molecule has 0 heterocycles. The van der Waals surface area contributed by atoms with Crippen LogP contribution >= 0.6 is 0 Å². The summed E-state index contributed by atoms with van der Waals surface area (Å²) in [7, 11) is 0. The first-order chi connectivity index (χ1) is 5.20. The lowest BCUT2D eigenvalue weighted by Crippen LogP contribution is -2.31. The van der Waals surface area contributed by atoms with Gasteiger partial charge in [-0.15, -0.1) is 0 Å². The first-order valence-corrected chi connectivity index (χ1v) is 4.15. The molecule has 1 amide bonds. The van der Waals surface area contributed by atoms with Crippen molar-refractivity contribution in [3.8, 4) is 0 Å². The number of carbonyl (C=O) groups is 1. The second-order valence-electron chi connectivity index (χ2n) is 3.09. The number of primary amides is 1. The minimum absolute atomic E-state index is 0.275. The molecule has 0 radical (unpaired) electrons. The van der Waals surface area contributed by atoms with E-state index in [1.54, 1.807) is 6.92 Å². The van der Waals surface area contributed by atoms with Crippen molar-refractivity contribution < 1.29 is 9.53 Å². The third-order valence-electron chi connectivity index (χ3n) is 2.10. The molecule has 1 rings (SSSR count). The molecule has 0 aromatic carbocycles. The van der Waals surface area contributed by atoms with Crippen molar-refractivity contribution in [2.24, 2.45) is 5.73 Å². The molecular formula is C8H15NO2. The Morgan fingerprint density at radius 2 is 2.09 bits per heavy atom. The molecule has 0 spiro atoms. The fourth-order valence-corrected chi connectivity index (χ4v) is 1.38. The van der Waals surface area contributed by atoms with Gasteiger partial charge in [-0.05, 0) is 19.8 Å². The smallest absolute Gasteiger partial charge is 0.246 e. The zero-order valence-corrected chi connectivity index (χ0v) is 6.88. The summed E-state index contributed by atoms with van der Waals surface area (Å²) in [4.78, 5) is 10.6. The van der Waals surface area contributed by atoms with Gasteiger partial charge in [0.05, 0.1) is 6.10 Å². The summed E-state index contributed by atoms with van der Waals surface area (Å²) in [5, 5.41) is 0. The number of nitrogens with two attached hydrogens (primary N) is 1. The maximum atomic E-state index is 10.6. The molecule has 2 N–H and O–H groups in total. The fourth-order valence-electron chi connectivity index (χ4n) is 1.38. The Morgan fingerprint density at radius 3 is 2.55 bits per heavy atom. The SMILES string of the molecule is C[C@H](OC1CCCC1)C(N)=O. The molecule has 0 aromatic heterocycles. The van der Waals surface area contributed by atoms with E-state index in [-0.39, 0.29) is 12.0 Å². The van der Waals surface area contributed by atoms with Gasteiger partial charge in [-0.2, -0.15) is 0 Å². The van der Waals surface area contributed by atoms with Crippen LogP contribution in [-0.4, -0.2) is 18.1 Å². The molecule has 3 heteroatoms. The Balaban J connectivity index is 2.23. The van der Waals surface area contributed by atoms with E-state index < -0.39 is 6.10 Å². The number of hydrogen-bond donors (Lipinski definition) is 1. The average Bonchev–Trinajstić information content (AvgIpc) is 2.39. The van der Waals surface area contributed by atoms with E-state index in [1.165, 1.54) is 12.8 Å². The summed E-state index contributed by atoms with van der Waals surface area (Å²) in [6, 6.07) is 0. The van der Waals surface area contributed by atoms with Crippen LogP contribution in [0.15, 0.2) is 0 Å². The molecular weight excluding hydrogens is 142 g/mol. The van der Waals surface area contributed by atoms with E-state index >= 15 is 0 Å². The third-order valence-corrected chi connectivity index (χ3v) is 2.10. The van der Waals surface area contributed by atoms with Crippen molar-refractivity contribution >= 4 is 5.91 Å². The highest BCUT2D eigenvalue weighted by Crippen LogP contribution is 2.21. The molecule has 11 heavy (non-hydrogen) atoms. The quantitative estimate of drug-likeness (QED) is 0.659. The summed E-state index contributed by atoms with van der Waals surface area (Å²) in [5.74, 6) is -0.364. The van der Waals surface area contributed by atoms with Crippen LogP contribution in [0.1, 0.15) is 32.6 Å². The number of hydrogen-bond acceptors (Lipinski definition) is 2. The highest BCUT2D eigenvalue weighted by molar-refractivity contribution is 5.78. The van der Waals surface area contributed by atoms with E-state index in [9.17, 15) is 4.79 Å². The van der Waals surface area contributed by atoms with Crippen LogP contribution in [0.3, 0.4) is 0 Å². The summed E-state index contributed by atoms with van der Waals surface area (Å²) in [6.45, 7) is 1.71. The van der Waals surface area contributed by atoms with Crippen molar-refractivity contribution in [3.63, 3.8) is 0 Å². The van der Waals surface area contributed by atoms with Gasteiger partial charge in [0, 0.05) is 0 Å². The lowest BCUT2D eigenvalue weighted by molar-refractivity contribution is -0.131. The zero-order valence-electron chi connectivity index (χ0n) is 6.88. The first-order valence-electron chi connectivity index (χ1n) is 4.15. The van der Waals surface area contributed by atoms with E-state index in [0.717, 1.165) is 12.8 Å². The monoisotopic (exact) mass is 157 g/mol. The Kier molecular flexibility index (Phi) is 2.88. The van der Waals surface area contributed by atoms with Gasteiger partial charge in [0.2, 0.25) is 5.91 Å². The number of rotatable bonds is 3. The molecule has 0 bridgehead atoms. The third kappa shape index (κ3) is 2.50. The predicted molar refractivity (Wildman–Crippen MR) is 42.0 cm³/mol. The molecule has 1 fully saturated rings. The number of amides is 1. The van der Waals surface area contributed by atoms with Crippen molar-refractivity contribution in [3.05, 3.63) is 0 Å². The number of carbonyl (C=O) groups excluding carboxylic acids is 1. The van der Waals surface area contributed by atoms with E-state index in [4.69, 9.17) is 10.5 Å². The molecule has 1 saturated carbocycles. The fraction of sp³-hybridized carbons (Fsp3) is 0.875. The summed E-state index contributed by atoms with van der Waals surface area (Å²) < 4.78 is 5.40. The lowest BCUT2D eigenvalue weighted by Gasteiger charge is -2.14. The molecule has 1 aliphatic carbocycles. The Labute approximate surface area is 66.9 Å². The summed E-state index contributed by atoms with van der Waals surface area (Å²) in [5.41, 5.74) is 5.05. The molecule has 0 unspecified atom stereocenters. The van der Waals surface area contributed by atoms with E-state index in [2.05, 4.69) is 0 Å². The molecule has 0 aliphatic heterocycles. The van der Waals surface area contributed by atoms with Crippen LogP contribution in [0.25, 0.3) is 0 Å². The van der Waals surface area contributed by atoms with Crippen LogP contribution in [0.5, 0.6) is 0 Å². The summed E-state index contributed by atoms with van der Waals surface area (Å²) >= 11 is 0. The molecule has 3 nitrogen and oxygen atoms in total. The molecule has 1 aliphatic rings. The molecule has 0 saturated heterocycles. The van der Waals surface area contributed by atoms with Gasteiger partial charge in [0.1, 0.15) is 6.10 Å². The molecule has 1 atom stereocenters. The predicted octanol–water partition coefficient (Wildman–Crippen LogP) is 0.819. The van der Waals surface area contributed by atoms with Crippen LogP contribution in [0.2, 0.25) is 0 Å². The van der Waals surface area contributed by atoms with Gasteiger partial charge in [-0.25, -0.2) is 0 Å². The standard InChI is InChI=1S/C8H15NO2/c1-6(8(9)10)11-7-4-2-3-5-7/h6-7H,2-5H2,1H3,(H2,9,10)/t6-/m0/s1. The van der Waals surface area contributed by atoms with Crippen LogP contribution in [0, 0.1) is 0 Å². The molecule has 0 aromatic rings. The van der Waals surface area contributed by atoms with E-state index in [1.807, 2.05) is 0 Å². The van der Waals surface area contributed by atoms with Crippen molar-refractivity contribution in [1.82, 2.24) is 0 Å². The Bertz CT molecular complexity index is 141. The van der Waals surface area contributed by atoms with Crippen LogP contribution < -0.4 is 5.73 Å². The maximum absolute atomic E-state index is 10.6. The normalized spacial score (nSPS) is 21.9. The minimum Gasteiger partial charge on any atom is -0.367 e. The average molecular weight is 157 g/mol. The lowest BCUT2D eigenvalue weighted by atomic mass is 10.3. The Hall–Kier alpha value is -0.570. The maximum Gasteiger partial charge on any atom is 0.246 e. The van der Waals surface area contributed by atoms with Gasteiger partial charge in [-0.1, -0.05) is 12.8 Å². The van der Waals surface area contributed by atoms with Crippen molar-refractivity contribution in [1.29, 1.82) is 0 Å². The van der Waals surface area contributed by atoms with Crippen molar-refractivity contribution in [2.75, 3.05) is 0 Å². The largest absolute Gasteiger partial charge is 0.367 e. The topological polar surface area (TPSA) is 52.3 Å². The zero-order chi connectivity index (χ0) is 8.27. The van der Waals surface area contributed by atoms with Gasteiger partial charge in [0.25, 0.3) is 0 Å². The van der Waals surface area contributed by atoms with Gasteiger partial charge in [0.15, 0.2) is 0 Å². The molecule has 64 valence electrons. The Morgan fingerprint density at radius 1 is 1.55 bits per heavy atom. The second kappa shape index (κ2) is 3.72. The van der Waals surface area contributed by atoms with Crippen molar-refractivity contribution in [2.45, 2.75) is 44.8 Å². The second-order valence-corrected chi connectivity index (χ2v) is 3.09. The van der Waals surface area contributed by atoms with Crippen LogP contribution in [0.4, 0.5) is 0 Å². The highest BCUT2D eigenvalue weighted by Gasteiger charge is 2.20. The first kappa shape index (κ1) is 8.53. The van der Waals surface area contributed by atoms with E-state index in [0.29, 0.717) is 0 Å². The van der Waals surface area contributed by atoms with Gasteiger partial charge in [-0.3, -0.25) is 4.79 Å². The number of ether oxygens (including phenoxy) is 1. The highest BCUT2D eigenvalue weighted by atomic mass is 16.5. The summed E-state index contributed by atoms with van der Waals surface area (Å²) in [6.07, 6.45) is 4.46. The van der Waals surface area contributed by atoms with Gasteiger partial charge >= 0.3 is 0 Å². The van der Waals surface area contributed by atoms with Crippen LogP contribution in [-0.2, 0) is 9.53 Å². The van der Waals surface area contributed by atoms with Gasteiger partial charge < -0.3 is 10.5 Å². The minimum atomic E-state index is -0.418.